The van der Waals surface area contributed by atoms with Gasteiger partial charge in [-0.25, -0.2) is 0 Å². The summed E-state index contributed by atoms with van der Waals surface area (Å²) < 4.78 is 5.48. The van der Waals surface area contributed by atoms with Gasteiger partial charge in [-0.1, -0.05) is 35.9 Å². The Labute approximate surface area is 161 Å². The van der Waals surface area contributed by atoms with Gasteiger partial charge in [-0.2, -0.15) is 0 Å². The molecule has 0 saturated carbocycles. The first kappa shape index (κ1) is 20.5. The Morgan fingerprint density at radius 3 is 2.19 bits per heavy atom. The summed E-state index contributed by atoms with van der Waals surface area (Å²) in [6.07, 6.45) is 1.15. The lowest BCUT2D eigenvalue weighted by Gasteiger charge is -2.10. The number of carbonyl (C=O) groups excluding carboxylic acids is 2. The fourth-order valence-electron chi connectivity index (χ4n) is 2.51. The molecule has 0 radical (unpaired) electrons. The minimum Gasteiger partial charge on any atom is -0.484 e. The molecule has 2 amide bonds. The summed E-state index contributed by atoms with van der Waals surface area (Å²) in [6, 6.07) is 13.9. The van der Waals surface area contributed by atoms with Crippen LogP contribution in [0.2, 0.25) is 0 Å². The highest BCUT2D eigenvalue weighted by Crippen LogP contribution is 2.16. The summed E-state index contributed by atoms with van der Waals surface area (Å²) in [5.74, 6) is 0.455. The Kier molecular flexibility index (Phi) is 7.86. The van der Waals surface area contributed by atoms with Gasteiger partial charge >= 0.3 is 0 Å². The first-order valence-electron chi connectivity index (χ1n) is 9.23. The number of aryl methyl sites for hydroxylation is 4. The molecule has 2 aromatic rings. The summed E-state index contributed by atoms with van der Waals surface area (Å²) in [4.78, 5) is 23.7. The van der Waals surface area contributed by atoms with Gasteiger partial charge in [0.15, 0.2) is 6.61 Å². The van der Waals surface area contributed by atoms with Crippen molar-refractivity contribution in [2.45, 2.75) is 33.6 Å². The van der Waals surface area contributed by atoms with E-state index >= 15 is 0 Å². The van der Waals surface area contributed by atoms with Crippen LogP contribution in [0.25, 0.3) is 0 Å². The fraction of sp³-hybridized carbons (Fsp3) is 0.364. The lowest BCUT2D eigenvalue weighted by molar-refractivity contribution is -0.124. The zero-order chi connectivity index (χ0) is 19.6. The molecule has 5 nitrogen and oxygen atoms in total. The van der Waals surface area contributed by atoms with Crippen molar-refractivity contribution < 1.29 is 14.3 Å². The molecular formula is C22H28N2O3. The zero-order valence-corrected chi connectivity index (χ0v) is 16.3. The number of hydrogen-bond acceptors (Lipinski definition) is 3. The Hall–Kier alpha value is -2.82. The second kappa shape index (κ2) is 10.4. The second-order valence-electron chi connectivity index (χ2n) is 6.72. The lowest BCUT2D eigenvalue weighted by Crippen LogP contribution is -2.36. The molecule has 0 spiro atoms. The molecule has 5 heteroatoms. The topological polar surface area (TPSA) is 67.4 Å². The predicted molar refractivity (Wildman–Crippen MR) is 107 cm³/mol. The maximum absolute atomic E-state index is 11.8. The minimum atomic E-state index is -0.206. The number of ether oxygens (including phenoxy) is 1. The van der Waals surface area contributed by atoms with Crippen LogP contribution in [0.1, 0.15) is 28.7 Å². The summed E-state index contributed by atoms with van der Waals surface area (Å²) in [6.45, 7) is 6.82. The van der Waals surface area contributed by atoms with Gasteiger partial charge in [-0.05, 0) is 56.0 Å². The van der Waals surface area contributed by atoms with E-state index in [0.717, 1.165) is 11.1 Å². The number of amides is 2. The highest BCUT2D eigenvalue weighted by Gasteiger charge is 2.05. The van der Waals surface area contributed by atoms with Gasteiger partial charge < -0.3 is 15.4 Å². The summed E-state index contributed by atoms with van der Waals surface area (Å²) in [7, 11) is 0. The van der Waals surface area contributed by atoms with Crippen molar-refractivity contribution >= 4 is 11.8 Å². The highest BCUT2D eigenvalue weighted by atomic mass is 16.5. The van der Waals surface area contributed by atoms with E-state index in [2.05, 4.69) is 10.6 Å². The van der Waals surface area contributed by atoms with E-state index in [1.54, 1.807) is 0 Å². The van der Waals surface area contributed by atoms with Gasteiger partial charge in [-0.15, -0.1) is 0 Å². The quantitative estimate of drug-likeness (QED) is 0.669. The van der Waals surface area contributed by atoms with Gasteiger partial charge in [0.25, 0.3) is 5.91 Å². The number of benzene rings is 2. The van der Waals surface area contributed by atoms with Crippen LogP contribution >= 0.6 is 0 Å². The number of carbonyl (C=O) groups is 2. The Morgan fingerprint density at radius 1 is 0.852 bits per heavy atom. The molecule has 2 rings (SSSR count). The van der Waals surface area contributed by atoms with E-state index in [1.807, 2.05) is 63.2 Å². The largest absolute Gasteiger partial charge is 0.484 e. The predicted octanol–water partition coefficient (Wildman–Crippen LogP) is 2.86. The first-order chi connectivity index (χ1) is 12.9. The third kappa shape index (κ3) is 7.52. The Morgan fingerprint density at radius 2 is 1.52 bits per heavy atom. The SMILES string of the molecule is Cc1ccc(CCC(=O)NCCNC(=O)COc2ccc(C)c(C)c2)cc1. The molecule has 144 valence electrons. The molecule has 2 N–H and O–H groups in total. The molecule has 2 aromatic carbocycles. The molecule has 0 aliphatic rings. The minimum absolute atomic E-state index is 0.0174. The number of rotatable bonds is 9. The van der Waals surface area contributed by atoms with Gasteiger partial charge in [0, 0.05) is 19.5 Å². The number of nitrogens with one attached hydrogen (secondary N) is 2. The van der Waals surface area contributed by atoms with Gasteiger partial charge in [0.2, 0.25) is 5.91 Å². The zero-order valence-electron chi connectivity index (χ0n) is 16.3. The average molecular weight is 368 g/mol. The van der Waals surface area contributed by atoms with Crippen LogP contribution in [0.5, 0.6) is 5.75 Å². The third-order valence-corrected chi connectivity index (χ3v) is 4.38. The fourth-order valence-corrected chi connectivity index (χ4v) is 2.51. The van der Waals surface area contributed by atoms with Gasteiger partial charge in [-0.3, -0.25) is 9.59 Å². The van der Waals surface area contributed by atoms with E-state index in [0.29, 0.717) is 31.7 Å². The maximum atomic E-state index is 11.8. The molecule has 0 heterocycles. The van der Waals surface area contributed by atoms with Gasteiger partial charge in [0.05, 0.1) is 0 Å². The van der Waals surface area contributed by atoms with Crippen molar-refractivity contribution in [1.82, 2.24) is 10.6 Å². The molecule has 0 atom stereocenters. The Bertz CT molecular complexity index is 770. The van der Waals surface area contributed by atoms with Crippen LogP contribution < -0.4 is 15.4 Å². The third-order valence-electron chi connectivity index (χ3n) is 4.38. The monoisotopic (exact) mass is 368 g/mol. The standard InChI is InChI=1S/C22H28N2O3/c1-16-4-7-19(8-5-16)9-11-21(25)23-12-13-24-22(26)15-27-20-10-6-17(2)18(3)14-20/h4-8,10,14H,9,11-13,15H2,1-3H3,(H,23,25)(H,24,26). The van der Waals surface area contributed by atoms with Crippen molar-refractivity contribution in [2.75, 3.05) is 19.7 Å². The lowest BCUT2D eigenvalue weighted by atomic mass is 10.1. The van der Waals surface area contributed by atoms with Crippen molar-refractivity contribution in [2.24, 2.45) is 0 Å². The molecule has 0 fully saturated rings. The molecule has 0 aromatic heterocycles. The van der Waals surface area contributed by atoms with E-state index in [9.17, 15) is 9.59 Å². The molecule has 0 saturated heterocycles. The van der Waals surface area contributed by atoms with E-state index in [4.69, 9.17) is 4.74 Å². The summed E-state index contributed by atoms with van der Waals surface area (Å²) in [5.41, 5.74) is 4.67. The second-order valence-corrected chi connectivity index (χ2v) is 6.72. The molecule has 0 aliphatic heterocycles. The molecule has 0 unspecified atom stereocenters. The van der Waals surface area contributed by atoms with Crippen LogP contribution in [-0.4, -0.2) is 31.5 Å². The van der Waals surface area contributed by atoms with Crippen molar-refractivity contribution in [3.8, 4) is 5.75 Å². The van der Waals surface area contributed by atoms with Crippen LogP contribution in [0.15, 0.2) is 42.5 Å². The van der Waals surface area contributed by atoms with Crippen molar-refractivity contribution in [3.63, 3.8) is 0 Å². The maximum Gasteiger partial charge on any atom is 0.258 e. The molecular weight excluding hydrogens is 340 g/mol. The van der Waals surface area contributed by atoms with E-state index in [-0.39, 0.29) is 18.4 Å². The number of hydrogen-bond donors (Lipinski definition) is 2. The van der Waals surface area contributed by atoms with Crippen molar-refractivity contribution in [1.29, 1.82) is 0 Å². The van der Waals surface area contributed by atoms with Gasteiger partial charge in [0.1, 0.15) is 5.75 Å². The normalized spacial score (nSPS) is 10.3. The van der Waals surface area contributed by atoms with Crippen molar-refractivity contribution in [3.05, 3.63) is 64.7 Å². The molecule has 0 aliphatic carbocycles. The summed E-state index contributed by atoms with van der Waals surface area (Å²) >= 11 is 0. The average Bonchev–Trinajstić information content (AvgIpc) is 2.65. The molecule has 27 heavy (non-hydrogen) atoms. The smallest absolute Gasteiger partial charge is 0.258 e. The Balaban J connectivity index is 1.57. The van der Waals surface area contributed by atoms with Crippen LogP contribution in [0.3, 0.4) is 0 Å². The highest BCUT2D eigenvalue weighted by molar-refractivity contribution is 5.78. The van der Waals surface area contributed by atoms with E-state index in [1.165, 1.54) is 11.1 Å². The summed E-state index contributed by atoms with van der Waals surface area (Å²) in [5, 5.41) is 5.55. The van der Waals surface area contributed by atoms with Crippen LogP contribution in [0.4, 0.5) is 0 Å². The molecule has 0 bridgehead atoms. The first-order valence-corrected chi connectivity index (χ1v) is 9.23. The van der Waals surface area contributed by atoms with Crippen LogP contribution in [-0.2, 0) is 16.0 Å². The van der Waals surface area contributed by atoms with Crippen LogP contribution in [0, 0.1) is 20.8 Å². The van der Waals surface area contributed by atoms with E-state index < -0.39 is 0 Å².